The molecule has 0 atom stereocenters. The Labute approximate surface area is 269 Å². The van der Waals surface area contributed by atoms with Gasteiger partial charge in [-0.2, -0.15) is 0 Å². The number of hydrogen-bond donors (Lipinski definition) is 0. The summed E-state index contributed by atoms with van der Waals surface area (Å²) in [5.41, 5.74) is 6.82. The van der Waals surface area contributed by atoms with Crippen molar-refractivity contribution >= 4 is 38.6 Å². The quantitative estimate of drug-likeness (QED) is 0.190. The summed E-state index contributed by atoms with van der Waals surface area (Å²) in [6.45, 7) is 0. The summed E-state index contributed by atoms with van der Waals surface area (Å²) in [5, 5.41) is 4.60. The van der Waals surface area contributed by atoms with Crippen LogP contribution in [0.1, 0.15) is 5.48 Å². The molecule has 0 unspecified atom stereocenters. The van der Waals surface area contributed by atoms with Gasteiger partial charge in [-0.05, 0) is 91.3 Å². The van der Waals surface area contributed by atoms with Crippen LogP contribution in [-0.4, -0.2) is 0 Å². The Bertz CT molecular complexity index is 2450. The van der Waals surface area contributed by atoms with Gasteiger partial charge in [0.1, 0.15) is 0 Å². The molecule has 0 bridgehead atoms. The molecule has 0 amide bonds. The van der Waals surface area contributed by atoms with Crippen molar-refractivity contribution < 1.29 is 5.48 Å². The van der Waals surface area contributed by atoms with E-state index in [1.165, 1.54) is 0 Å². The van der Waals surface area contributed by atoms with E-state index in [0.29, 0.717) is 5.56 Å². The number of anilines is 3. The molecule has 0 N–H and O–H groups in total. The summed E-state index contributed by atoms with van der Waals surface area (Å²) in [5.74, 6) is 0. The van der Waals surface area contributed by atoms with Crippen molar-refractivity contribution in [1.29, 1.82) is 0 Å². The first kappa shape index (κ1) is 22.6. The van der Waals surface area contributed by atoms with E-state index >= 15 is 0 Å². The number of fused-ring (bicyclic) bond motifs is 2. The van der Waals surface area contributed by atoms with Gasteiger partial charge in [0.2, 0.25) is 0 Å². The lowest BCUT2D eigenvalue weighted by Crippen LogP contribution is -2.10. The van der Waals surface area contributed by atoms with Crippen LogP contribution in [0.4, 0.5) is 17.1 Å². The van der Waals surface area contributed by atoms with Crippen LogP contribution in [0, 0.1) is 0 Å². The second-order valence-corrected chi connectivity index (χ2v) is 11.1. The van der Waals surface area contributed by atoms with Crippen LogP contribution in [0.2, 0.25) is 0 Å². The molecule has 1 heteroatoms. The van der Waals surface area contributed by atoms with Crippen LogP contribution in [-0.2, 0) is 0 Å². The van der Waals surface area contributed by atoms with Crippen LogP contribution in [0.5, 0.6) is 0 Å². The number of nitrogens with zero attached hydrogens (tertiary/aromatic N) is 1. The third-order valence-corrected chi connectivity index (χ3v) is 8.33. The molecule has 8 rings (SSSR count). The second kappa shape index (κ2) is 11.6. The van der Waals surface area contributed by atoms with Crippen molar-refractivity contribution in [3.8, 4) is 33.4 Å². The molecule has 212 valence electrons. The Morgan fingerprint density at radius 2 is 0.867 bits per heavy atom. The van der Waals surface area contributed by atoms with Gasteiger partial charge >= 0.3 is 0 Å². The lowest BCUT2D eigenvalue weighted by Gasteiger charge is -2.26. The van der Waals surface area contributed by atoms with Gasteiger partial charge in [-0.15, -0.1) is 0 Å². The molecule has 0 aliphatic heterocycles. The Balaban J connectivity index is 1.33. The average molecular weight is 578 g/mol. The molecule has 1 nitrogen and oxygen atoms in total. The summed E-state index contributed by atoms with van der Waals surface area (Å²) in [6.07, 6.45) is 0. The van der Waals surface area contributed by atoms with Crippen LogP contribution >= 0.6 is 0 Å². The maximum atomic E-state index is 9.31. The highest BCUT2D eigenvalue weighted by molar-refractivity contribution is 5.98. The monoisotopic (exact) mass is 577 g/mol. The summed E-state index contributed by atoms with van der Waals surface area (Å²) in [4.78, 5) is 1.86. The Morgan fingerprint density at radius 1 is 0.333 bits per heavy atom. The van der Waals surface area contributed by atoms with Crippen molar-refractivity contribution in [1.82, 2.24) is 0 Å². The SMILES string of the molecule is [2H]c1c([2H])c(N(c2ccc(-c3cccc4ccccc34)cc2)c2cccc(-c3cccc4ccccc34)c2)c([2H])c([2H])c1-c1ccccc1. The fourth-order valence-corrected chi connectivity index (χ4v) is 6.13. The van der Waals surface area contributed by atoms with E-state index in [1.54, 1.807) is 0 Å². The van der Waals surface area contributed by atoms with E-state index in [1.807, 2.05) is 83.8 Å². The van der Waals surface area contributed by atoms with E-state index in [0.717, 1.165) is 55.2 Å². The van der Waals surface area contributed by atoms with Gasteiger partial charge in [-0.3, -0.25) is 0 Å². The fraction of sp³-hybridized carbons (Fsp3) is 0. The van der Waals surface area contributed by atoms with Gasteiger partial charge in [-0.1, -0.05) is 152 Å². The molecule has 0 aromatic heterocycles. The Morgan fingerprint density at radius 3 is 1.53 bits per heavy atom. The van der Waals surface area contributed by atoms with Gasteiger partial charge in [0.05, 0.1) is 5.48 Å². The first-order chi connectivity index (χ1) is 24.0. The minimum atomic E-state index is -0.103. The normalized spacial score (nSPS) is 12.4. The van der Waals surface area contributed by atoms with E-state index in [9.17, 15) is 2.74 Å². The van der Waals surface area contributed by atoms with Crippen LogP contribution in [0.3, 0.4) is 0 Å². The number of hydrogen-bond acceptors (Lipinski definition) is 1. The summed E-state index contributed by atoms with van der Waals surface area (Å²) >= 11 is 0. The Kier molecular flexibility index (Phi) is 5.84. The molecule has 0 heterocycles. The minimum absolute atomic E-state index is 0.0789. The molecule has 8 aromatic carbocycles. The first-order valence-corrected chi connectivity index (χ1v) is 15.1. The summed E-state index contributed by atoms with van der Waals surface area (Å²) in [6, 6.07) is 54.2. The predicted octanol–water partition coefficient (Wildman–Crippen LogP) is 12.5. The van der Waals surface area contributed by atoms with Crippen LogP contribution in [0.15, 0.2) is 188 Å². The minimum Gasteiger partial charge on any atom is -0.310 e. The molecule has 0 fully saturated rings. The molecule has 0 aliphatic rings. The highest BCUT2D eigenvalue weighted by Gasteiger charge is 2.15. The number of rotatable bonds is 6. The Hall–Kier alpha value is -5.92. The smallest absolute Gasteiger partial charge is 0.0645 e. The summed E-state index contributed by atoms with van der Waals surface area (Å²) < 4.78 is 36.8. The highest BCUT2D eigenvalue weighted by Crippen LogP contribution is 2.40. The lowest BCUT2D eigenvalue weighted by atomic mass is 9.97. The molecule has 45 heavy (non-hydrogen) atoms. The van der Waals surface area contributed by atoms with Gasteiger partial charge in [0.15, 0.2) is 0 Å². The van der Waals surface area contributed by atoms with Gasteiger partial charge in [0.25, 0.3) is 0 Å². The second-order valence-electron chi connectivity index (χ2n) is 11.1. The van der Waals surface area contributed by atoms with Crippen molar-refractivity contribution in [2.75, 3.05) is 4.90 Å². The van der Waals surface area contributed by atoms with Gasteiger partial charge in [-0.25, -0.2) is 0 Å². The molecule has 0 radical (unpaired) electrons. The lowest BCUT2D eigenvalue weighted by molar-refractivity contribution is 1.28. The van der Waals surface area contributed by atoms with Crippen molar-refractivity contribution in [3.05, 3.63) is 188 Å². The molecule has 0 saturated heterocycles. The van der Waals surface area contributed by atoms with Crippen molar-refractivity contribution in [2.24, 2.45) is 0 Å². The standard InChI is InChI=1S/C44H31N/c1-2-11-32(12-3-1)33-23-27-38(28-24-33)45(39-29-25-36(26-30-39)43-21-9-15-34-13-4-6-19-41(34)43)40-18-8-17-37(31-40)44-22-10-16-35-14-5-7-20-42(35)44/h1-31H/i23D,24D,27D,28D. The molecular weight excluding hydrogens is 542 g/mol. The molecule has 0 aliphatic carbocycles. The zero-order valence-electron chi connectivity index (χ0n) is 28.5. The maximum Gasteiger partial charge on any atom is 0.0645 e. The predicted molar refractivity (Wildman–Crippen MR) is 192 cm³/mol. The number of benzene rings is 8. The molecular formula is C44H31N. The first-order valence-electron chi connectivity index (χ1n) is 17.1. The summed E-state index contributed by atoms with van der Waals surface area (Å²) in [7, 11) is 0. The van der Waals surface area contributed by atoms with E-state index in [2.05, 4.69) is 84.9 Å². The van der Waals surface area contributed by atoms with E-state index < -0.39 is 0 Å². The zero-order chi connectivity index (χ0) is 33.5. The van der Waals surface area contributed by atoms with E-state index in [-0.39, 0.29) is 35.4 Å². The van der Waals surface area contributed by atoms with Crippen molar-refractivity contribution in [2.45, 2.75) is 0 Å². The highest BCUT2D eigenvalue weighted by atomic mass is 15.1. The van der Waals surface area contributed by atoms with Crippen LogP contribution in [0.25, 0.3) is 54.9 Å². The average Bonchev–Trinajstić information content (AvgIpc) is 3.16. The van der Waals surface area contributed by atoms with Gasteiger partial charge in [0, 0.05) is 17.1 Å². The molecule has 0 saturated carbocycles. The third kappa shape index (κ3) is 5.15. The largest absolute Gasteiger partial charge is 0.310 e. The maximum absolute atomic E-state index is 9.31. The van der Waals surface area contributed by atoms with Crippen molar-refractivity contribution in [3.63, 3.8) is 0 Å². The van der Waals surface area contributed by atoms with Crippen LogP contribution < -0.4 is 4.90 Å². The third-order valence-electron chi connectivity index (χ3n) is 8.33. The molecule has 8 aromatic rings. The fourth-order valence-electron chi connectivity index (χ4n) is 6.13. The van der Waals surface area contributed by atoms with E-state index in [4.69, 9.17) is 2.74 Å². The zero-order valence-corrected chi connectivity index (χ0v) is 24.5. The molecule has 0 spiro atoms. The topological polar surface area (TPSA) is 3.24 Å². The van der Waals surface area contributed by atoms with Gasteiger partial charge < -0.3 is 4.90 Å².